The summed E-state index contributed by atoms with van der Waals surface area (Å²) in [5, 5.41) is 16.9. The lowest BCUT2D eigenvalue weighted by Crippen LogP contribution is -2.34. The molecule has 2 heterocycles. The van der Waals surface area contributed by atoms with E-state index in [0.29, 0.717) is 23.8 Å². The number of para-hydroxylation sites is 1. The van der Waals surface area contributed by atoms with Crippen LogP contribution in [0.1, 0.15) is 18.4 Å². The minimum Gasteiger partial charge on any atom is -0.396 e. The van der Waals surface area contributed by atoms with Crippen LogP contribution in [0.25, 0.3) is 5.69 Å². The molecule has 0 amide bonds. The molecule has 6 nitrogen and oxygen atoms in total. The van der Waals surface area contributed by atoms with E-state index in [4.69, 9.17) is 11.6 Å². The Kier molecular flexibility index (Phi) is 6.35. The van der Waals surface area contributed by atoms with Gasteiger partial charge in [0.15, 0.2) is 0 Å². The van der Waals surface area contributed by atoms with E-state index in [-0.39, 0.29) is 17.2 Å². The number of benzene rings is 2. The molecule has 4 rings (SSSR count). The fraction of sp³-hybridized carbons (Fsp3) is 0.304. The third-order valence-corrected chi connectivity index (χ3v) is 5.94. The number of aliphatic hydroxyl groups is 1. The van der Waals surface area contributed by atoms with E-state index >= 15 is 0 Å². The molecule has 0 aliphatic carbocycles. The molecule has 1 aromatic heterocycles. The summed E-state index contributed by atoms with van der Waals surface area (Å²) in [5.74, 6) is 0.431. The second kappa shape index (κ2) is 9.32. The van der Waals surface area contributed by atoms with Gasteiger partial charge in [-0.3, -0.25) is 4.79 Å². The quantitative estimate of drug-likeness (QED) is 0.631. The van der Waals surface area contributed by atoms with E-state index in [1.807, 2.05) is 30.3 Å². The second-order valence-electron chi connectivity index (χ2n) is 7.56. The standard InChI is InChI=1S/C23H25ClN4O2/c24-22-21(15-26-28(23(22)30)20-4-2-1-3-5-20)25-14-17-6-8-19(9-7-17)27-12-10-18(16-29)11-13-27/h1-9,15,18,25,29H,10-14,16H2. The van der Waals surface area contributed by atoms with Gasteiger partial charge in [-0.2, -0.15) is 9.78 Å². The van der Waals surface area contributed by atoms with Crippen LogP contribution < -0.4 is 15.8 Å². The molecular weight excluding hydrogens is 400 g/mol. The van der Waals surface area contributed by atoms with E-state index in [2.05, 4.69) is 39.6 Å². The van der Waals surface area contributed by atoms with Crippen molar-refractivity contribution in [1.29, 1.82) is 0 Å². The van der Waals surface area contributed by atoms with Crippen molar-refractivity contribution in [2.75, 3.05) is 29.9 Å². The van der Waals surface area contributed by atoms with Gasteiger partial charge in [0.25, 0.3) is 5.56 Å². The van der Waals surface area contributed by atoms with Gasteiger partial charge in [-0.15, -0.1) is 0 Å². The largest absolute Gasteiger partial charge is 0.396 e. The highest BCUT2D eigenvalue weighted by atomic mass is 35.5. The summed E-state index contributed by atoms with van der Waals surface area (Å²) in [4.78, 5) is 14.9. The van der Waals surface area contributed by atoms with Gasteiger partial charge >= 0.3 is 0 Å². The number of piperidine rings is 1. The molecule has 1 aliphatic rings. The van der Waals surface area contributed by atoms with Crippen LogP contribution >= 0.6 is 11.6 Å². The summed E-state index contributed by atoms with van der Waals surface area (Å²) in [6.07, 6.45) is 3.63. The van der Waals surface area contributed by atoms with Crippen molar-refractivity contribution in [2.45, 2.75) is 19.4 Å². The Morgan fingerprint density at radius 2 is 1.73 bits per heavy atom. The first-order chi connectivity index (χ1) is 14.7. The first kappa shape index (κ1) is 20.4. The number of hydrogen-bond acceptors (Lipinski definition) is 5. The topological polar surface area (TPSA) is 70.4 Å². The normalized spacial score (nSPS) is 14.7. The van der Waals surface area contributed by atoms with Crippen molar-refractivity contribution in [1.82, 2.24) is 9.78 Å². The molecular formula is C23H25ClN4O2. The predicted molar refractivity (Wildman–Crippen MR) is 121 cm³/mol. The second-order valence-corrected chi connectivity index (χ2v) is 7.94. The number of aromatic nitrogens is 2. The number of halogens is 1. The van der Waals surface area contributed by atoms with Crippen LogP contribution in [0.4, 0.5) is 11.4 Å². The Morgan fingerprint density at radius 3 is 2.40 bits per heavy atom. The highest BCUT2D eigenvalue weighted by Crippen LogP contribution is 2.24. The van der Waals surface area contributed by atoms with Gasteiger partial charge in [0.1, 0.15) is 5.02 Å². The third-order valence-electron chi connectivity index (χ3n) is 5.58. The highest BCUT2D eigenvalue weighted by Gasteiger charge is 2.18. The average molecular weight is 425 g/mol. The minimum atomic E-state index is -0.352. The number of anilines is 2. The molecule has 0 unspecified atom stereocenters. The third kappa shape index (κ3) is 4.50. The van der Waals surface area contributed by atoms with Crippen LogP contribution in [-0.4, -0.2) is 34.6 Å². The predicted octanol–water partition coefficient (Wildman–Crippen LogP) is 3.71. The van der Waals surface area contributed by atoms with E-state index in [1.165, 1.54) is 10.4 Å². The molecule has 1 aliphatic heterocycles. The first-order valence-electron chi connectivity index (χ1n) is 10.2. The summed E-state index contributed by atoms with van der Waals surface area (Å²) in [6.45, 7) is 2.78. The van der Waals surface area contributed by atoms with Gasteiger partial charge < -0.3 is 15.3 Å². The van der Waals surface area contributed by atoms with Gasteiger partial charge in [0.2, 0.25) is 0 Å². The van der Waals surface area contributed by atoms with E-state index in [9.17, 15) is 9.90 Å². The first-order valence-corrected chi connectivity index (χ1v) is 10.6. The molecule has 0 bridgehead atoms. The van der Waals surface area contributed by atoms with Crippen molar-refractivity contribution < 1.29 is 5.11 Å². The number of hydrogen-bond donors (Lipinski definition) is 2. The van der Waals surface area contributed by atoms with Crippen LogP contribution in [0.5, 0.6) is 0 Å². The van der Waals surface area contributed by atoms with Crippen molar-refractivity contribution in [2.24, 2.45) is 5.92 Å². The maximum Gasteiger partial charge on any atom is 0.292 e. The van der Waals surface area contributed by atoms with Gasteiger partial charge in [-0.25, -0.2) is 0 Å². The number of rotatable bonds is 6. The molecule has 2 aromatic carbocycles. The molecule has 1 fully saturated rings. The van der Waals surface area contributed by atoms with Crippen molar-refractivity contribution >= 4 is 23.0 Å². The molecule has 0 saturated carbocycles. The van der Waals surface area contributed by atoms with E-state index in [0.717, 1.165) is 31.5 Å². The molecule has 30 heavy (non-hydrogen) atoms. The highest BCUT2D eigenvalue weighted by molar-refractivity contribution is 6.32. The summed E-state index contributed by atoms with van der Waals surface area (Å²) in [6, 6.07) is 17.6. The number of aliphatic hydroxyl groups excluding tert-OH is 1. The van der Waals surface area contributed by atoms with Crippen molar-refractivity contribution in [3.05, 3.63) is 81.7 Å². The summed E-state index contributed by atoms with van der Waals surface area (Å²) >= 11 is 6.30. The van der Waals surface area contributed by atoms with E-state index in [1.54, 1.807) is 6.20 Å². The monoisotopic (exact) mass is 424 g/mol. The van der Waals surface area contributed by atoms with Gasteiger partial charge in [-0.05, 0) is 48.6 Å². The molecule has 156 valence electrons. The van der Waals surface area contributed by atoms with Gasteiger partial charge in [0, 0.05) is 31.9 Å². The fourth-order valence-corrected chi connectivity index (χ4v) is 3.90. The fourth-order valence-electron chi connectivity index (χ4n) is 3.70. The maximum atomic E-state index is 12.6. The minimum absolute atomic E-state index is 0.122. The molecule has 2 N–H and O–H groups in total. The summed E-state index contributed by atoms with van der Waals surface area (Å²) in [5.41, 5.74) is 3.13. The number of nitrogens with one attached hydrogen (secondary N) is 1. The summed E-state index contributed by atoms with van der Waals surface area (Å²) in [7, 11) is 0. The van der Waals surface area contributed by atoms with E-state index < -0.39 is 0 Å². The van der Waals surface area contributed by atoms with Crippen LogP contribution in [0.3, 0.4) is 0 Å². The Morgan fingerprint density at radius 1 is 1.03 bits per heavy atom. The molecule has 0 spiro atoms. The van der Waals surface area contributed by atoms with Crippen LogP contribution in [0, 0.1) is 5.92 Å². The summed E-state index contributed by atoms with van der Waals surface area (Å²) < 4.78 is 1.29. The Labute approximate surface area is 180 Å². The average Bonchev–Trinajstić information content (AvgIpc) is 2.81. The molecule has 3 aromatic rings. The lowest BCUT2D eigenvalue weighted by Gasteiger charge is -2.33. The zero-order valence-electron chi connectivity index (χ0n) is 16.7. The van der Waals surface area contributed by atoms with Gasteiger partial charge in [0.05, 0.1) is 17.6 Å². The Bertz CT molecular complexity index is 1030. The smallest absolute Gasteiger partial charge is 0.292 e. The SMILES string of the molecule is O=c1c(Cl)c(NCc2ccc(N3CCC(CO)CC3)cc2)cnn1-c1ccccc1. The van der Waals surface area contributed by atoms with Crippen LogP contribution in [0.15, 0.2) is 65.6 Å². The Hall–Kier alpha value is -2.83. The van der Waals surface area contributed by atoms with Crippen molar-refractivity contribution in [3.8, 4) is 5.69 Å². The lowest BCUT2D eigenvalue weighted by molar-refractivity contribution is 0.203. The van der Waals surface area contributed by atoms with Crippen LogP contribution in [-0.2, 0) is 6.54 Å². The molecule has 0 radical (unpaired) electrons. The maximum absolute atomic E-state index is 12.6. The number of nitrogens with zero attached hydrogens (tertiary/aromatic N) is 3. The van der Waals surface area contributed by atoms with Crippen LogP contribution in [0.2, 0.25) is 5.02 Å². The zero-order valence-corrected chi connectivity index (χ0v) is 17.4. The van der Waals surface area contributed by atoms with Gasteiger partial charge in [-0.1, -0.05) is 41.9 Å². The molecule has 0 atom stereocenters. The molecule has 7 heteroatoms. The zero-order chi connectivity index (χ0) is 20.9. The van der Waals surface area contributed by atoms with Crippen molar-refractivity contribution in [3.63, 3.8) is 0 Å². The Balaban J connectivity index is 1.40. The molecule has 1 saturated heterocycles. The lowest BCUT2D eigenvalue weighted by atomic mass is 9.97.